The number of hydrogen-bond donors (Lipinski definition) is 1. The third kappa shape index (κ3) is 2.94. The average Bonchev–Trinajstić information content (AvgIpc) is 2.31. The van der Waals surface area contributed by atoms with Crippen molar-refractivity contribution in [2.75, 3.05) is 0 Å². The summed E-state index contributed by atoms with van der Waals surface area (Å²) in [5.41, 5.74) is 0. The molecule has 0 aromatic carbocycles. The van der Waals surface area contributed by atoms with Crippen molar-refractivity contribution in [2.24, 2.45) is 0 Å². The smallest absolute Gasteiger partial charge is 0.217 e. The minimum Gasteiger partial charge on any atom is -0.350 e. The molecule has 0 fully saturated rings. The van der Waals surface area contributed by atoms with Gasteiger partial charge in [-0.05, 0) is 15.9 Å². The van der Waals surface area contributed by atoms with Crippen LogP contribution in [0.25, 0.3) is 0 Å². The molecular formula is C5H6BrN3OS. The number of hydrogen-bond acceptors (Lipinski definition) is 4. The molecule has 0 bridgehead atoms. The van der Waals surface area contributed by atoms with Gasteiger partial charge in [0, 0.05) is 6.92 Å². The zero-order chi connectivity index (χ0) is 8.27. The molecule has 1 N–H and O–H groups in total. The zero-order valence-electron chi connectivity index (χ0n) is 5.80. The second-order valence-electron chi connectivity index (χ2n) is 1.86. The highest BCUT2D eigenvalue weighted by Crippen LogP contribution is 2.14. The fourth-order valence-electron chi connectivity index (χ4n) is 0.505. The van der Waals surface area contributed by atoms with Crippen LogP contribution in [0.5, 0.6) is 0 Å². The minimum atomic E-state index is -0.0590. The number of carbonyl (C=O) groups is 1. The zero-order valence-corrected chi connectivity index (χ0v) is 8.20. The fourth-order valence-corrected chi connectivity index (χ4v) is 1.65. The second kappa shape index (κ2) is 3.77. The Labute approximate surface area is 76.2 Å². The first-order valence-electron chi connectivity index (χ1n) is 2.91. The lowest BCUT2D eigenvalue weighted by Crippen LogP contribution is -2.18. The number of amides is 1. The molecule has 6 heteroatoms. The van der Waals surface area contributed by atoms with Gasteiger partial charge in [0.1, 0.15) is 5.01 Å². The van der Waals surface area contributed by atoms with Crippen LogP contribution in [0.4, 0.5) is 0 Å². The number of nitrogens with one attached hydrogen (secondary N) is 1. The van der Waals surface area contributed by atoms with Crippen LogP contribution in [-0.4, -0.2) is 16.1 Å². The second-order valence-corrected chi connectivity index (χ2v) is 4.20. The van der Waals surface area contributed by atoms with Crippen LogP contribution < -0.4 is 5.32 Å². The molecule has 1 rings (SSSR count). The first-order chi connectivity index (χ1) is 5.18. The third-order valence-electron chi connectivity index (χ3n) is 0.931. The summed E-state index contributed by atoms with van der Waals surface area (Å²) in [4.78, 5) is 10.5. The highest BCUT2D eigenvalue weighted by Gasteiger charge is 2.00. The van der Waals surface area contributed by atoms with Gasteiger partial charge in [-0.2, -0.15) is 0 Å². The molecule has 0 unspecified atom stereocenters. The summed E-state index contributed by atoms with van der Waals surface area (Å²) in [6, 6.07) is 0. The summed E-state index contributed by atoms with van der Waals surface area (Å²) in [5.74, 6) is -0.0590. The van der Waals surface area contributed by atoms with Crippen molar-refractivity contribution in [3.8, 4) is 0 Å². The van der Waals surface area contributed by atoms with Crippen LogP contribution in [0.2, 0.25) is 0 Å². The highest BCUT2D eigenvalue weighted by molar-refractivity contribution is 9.11. The Morgan fingerprint density at radius 2 is 2.45 bits per heavy atom. The first kappa shape index (κ1) is 8.61. The number of rotatable bonds is 2. The van der Waals surface area contributed by atoms with Crippen LogP contribution in [0, 0.1) is 0 Å². The maximum atomic E-state index is 10.5. The van der Waals surface area contributed by atoms with Gasteiger partial charge in [0.15, 0.2) is 3.92 Å². The van der Waals surface area contributed by atoms with E-state index in [4.69, 9.17) is 0 Å². The molecule has 1 amide bonds. The number of aromatic nitrogens is 2. The van der Waals surface area contributed by atoms with Gasteiger partial charge >= 0.3 is 0 Å². The van der Waals surface area contributed by atoms with E-state index in [1.807, 2.05) is 0 Å². The van der Waals surface area contributed by atoms with Gasteiger partial charge in [0.05, 0.1) is 6.54 Å². The molecular weight excluding hydrogens is 230 g/mol. The predicted octanol–water partition coefficient (Wildman–Crippen LogP) is 0.937. The van der Waals surface area contributed by atoms with Crippen molar-refractivity contribution in [3.05, 3.63) is 8.92 Å². The topological polar surface area (TPSA) is 54.9 Å². The largest absolute Gasteiger partial charge is 0.350 e. The van der Waals surface area contributed by atoms with Crippen molar-refractivity contribution in [2.45, 2.75) is 13.5 Å². The van der Waals surface area contributed by atoms with Crippen molar-refractivity contribution < 1.29 is 4.79 Å². The molecule has 1 heterocycles. The standard InChI is InChI=1S/C5H6BrN3OS/c1-3(10)7-2-4-8-9-5(6)11-4/h2H2,1H3,(H,7,10). The van der Waals surface area contributed by atoms with Crippen LogP contribution in [0.1, 0.15) is 11.9 Å². The van der Waals surface area contributed by atoms with E-state index >= 15 is 0 Å². The molecule has 0 atom stereocenters. The Balaban J connectivity index is 2.45. The average molecular weight is 236 g/mol. The Kier molecular flexibility index (Phi) is 2.95. The van der Waals surface area contributed by atoms with Crippen LogP contribution in [0.15, 0.2) is 3.92 Å². The summed E-state index contributed by atoms with van der Waals surface area (Å²) >= 11 is 4.58. The molecule has 11 heavy (non-hydrogen) atoms. The minimum absolute atomic E-state index is 0.0590. The summed E-state index contributed by atoms with van der Waals surface area (Å²) in [7, 11) is 0. The van der Waals surface area contributed by atoms with Crippen molar-refractivity contribution in [1.82, 2.24) is 15.5 Å². The van der Waals surface area contributed by atoms with E-state index in [2.05, 4.69) is 31.4 Å². The molecule has 1 aromatic heterocycles. The Bertz CT molecular complexity index is 262. The van der Waals surface area contributed by atoms with Crippen LogP contribution >= 0.6 is 27.3 Å². The van der Waals surface area contributed by atoms with E-state index in [1.165, 1.54) is 18.3 Å². The van der Waals surface area contributed by atoms with E-state index in [9.17, 15) is 4.79 Å². The lowest BCUT2D eigenvalue weighted by atomic mass is 10.6. The molecule has 4 nitrogen and oxygen atoms in total. The molecule has 0 aliphatic rings. The first-order valence-corrected chi connectivity index (χ1v) is 4.52. The van der Waals surface area contributed by atoms with Crippen molar-refractivity contribution >= 4 is 33.2 Å². The maximum Gasteiger partial charge on any atom is 0.217 e. The van der Waals surface area contributed by atoms with Crippen molar-refractivity contribution in [3.63, 3.8) is 0 Å². The molecule has 0 aliphatic heterocycles. The maximum absolute atomic E-state index is 10.5. The van der Waals surface area contributed by atoms with E-state index in [-0.39, 0.29) is 5.91 Å². The van der Waals surface area contributed by atoms with E-state index in [1.54, 1.807) is 0 Å². The van der Waals surface area contributed by atoms with Gasteiger partial charge in [-0.1, -0.05) is 11.3 Å². The lowest BCUT2D eigenvalue weighted by molar-refractivity contribution is -0.119. The van der Waals surface area contributed by atoms with Gasteiger partial charge in [0.2, 0.25) is 5.91 Å². The normalized spacial score (nSPS) is 9.64. The van der Waals surface area contributed by atoms with Gasteiger partial charge in [0.25, 0.3) is 0 Å². The molecule has 0 spiro atoms. The number of nitrogens with zero attached hydrogens (tertiary/aromatic N) is 2. The summed E-state index contributed by atoms with van der Waals surface area (Å²) < 4.78 is 0.734. The molecule has 0 radical (unpaired) electrons. The van der Waals surface area contributed by atoms with Gasteiger partial charge in [-0.3, -0.25) is 4.79 Å². The van der Waals surface area contributed by atoms with Crippen molar-refractivity contribution in [1.29, 1.82) is 0 Å². The Morgan fingerprint density at radius 1 is 1.73 bits per heavy atom. The fraction of sp³-hybridized carbons (Fsp3) is 0.400. The van der Waals surface area contributed by atoms with Crippen LogP contribution in [0.3, 0.4) is 0 Å². The summed E-state index contributed by atoms with van der Waals surface area (Å²) in [6.45, 7) is 1.93. The Morgan fingerprint density at radius 3 is 2.91 bits per heavy atom. The van der Waals surface area contributed by atoms with Gasteiger partial charge in [-0.15, -0.1) is 10.2 Å². The SMILES string of the molecule is CC(=O)NCc1nnc(Br)s1. The molecule has 0 saturated carbocycles. The number of halogens is 1. The quantitative estimate of drug-likeness (QED) is 0.831. The molecule has 0 saturated heterocycles. The monoisotopic (exact) mass is 235 g/mol. The van der Waals surface area contributed by atoms with E-state index in [0.717, 1.165) is 8.92 Å². The Hall–Kier alpha value is -0.490. The molecule has 60 valence electrons. The number of carbonyl (C=O) groups excluding carboxylic acids is 1. The van der Waals surface area contributed by atoms with E-state index < -0.39 is 0 Å². The third-order valence-corrected chi connectivity index (χ3v) is 2.29. The molecule has 0 aliphatic carbocycles. The lowest BCUT2D eigenvalue weighted by Gasteiger charge is -1.94. The molecule has 1 aromatic rings. The van der Waals surface area contributed by atoms with Crippen LogP contribution in [-0.2, 0) is 11.3 Å². The van der Waals surface area contributed by atoms with Gasteiger partial charge < -0.3 is 5.32 Å². The highest BCUT2D eigenvalue weighted by atomic mass is 79.9. The van der Waals surface area contributed by atoms with Gasteiger partial charge in [-0.25, -0.2) is 0 Å². The summed E-state index contributed by atoms with van der Waals surface area (Å²) in [5, 5.41) is 10.9. The summed E-state index contributed by atoms with van der Waals surface area (Å²) in [6.07, 6.45) is 0. The van der Waals surface area contributed by atoms with E-state index in [0.29, 0.717) is 6.54 Å². The predicted molar refractivity (Wildman–Crippen MR) is 45.1 cm³/mol.